The first kappa shape index (κ1) is 19.6. The van der Waals surface area contributed by atoms with Crippen molar-refractivity contribution in [2.24, 2.45) is 5.92 Å². The second-order valence-electron chi connectivity index (χ2n) is 7.64. The van der Waals surface area contributed by atoms with E-state index in [0.717, 1.165) is 52.2 Å². The Morgan fingerprint density at radius 3 is 2.75 bits per heavy atom. The third-order valence-corrected chi connectivity index (χ3v) is 4.58. The smallest absolute Gasteiger partial charge is 0.234 e. The normalized spacial score (nSPS) is 26.0. The van der Waals surface area contributed by atoms with E-state index in [1.165, 1.54) is 6.42 Å². The molecule has 0 aromatic heterocycles. The molecule has 1 amide bonds. The molecule has 0 aliphatic carbocycles. The predicted octanol–water partition coefficient (Wildman–Crippen LogP) is 0.960. The highest BCUT2D eigenvalue weighted by Crippen LogP contribution is 2.13. The van der Waals surface area contributed by atoms with Crippen LogP contribution in [0.25, 0.3) is 0 Å². The molecule has 2 heterocycles. The van der Waals surface area contributed by atoms with Gasteiger partial charge in [-0.15, -0.1) is 0 Å². The lowest BCUT2D eigenvalue weighted by molar-refractivity contribution is -0.123. The molecule has 2 fully saturated rings. The van der Waals surface area contributed by atoms with Crippen LogP contribution in [0.2, 0.25) is 0 Å². The van der Waals surface area contributed by atoms with Crippen LogP contribution in [0.5, 0.6) is 0 Å². The number of hydrogen-bond donors (Lipinski definition) is 1. The first-order valence-electron chi connectivity index (χ1n) is 9.43. The summed E-state index contributed by atoms with van der Waals surface area (Å²) in [5.74, 6) is 0.729. The molecule has 0 aromatic rings. The van der Waals surface area contributed by atoms with Crippen LogP contribution in [-0.4, -0.2) is 87.4 Å². The molecule has 140 valence electrons. The average molecular weight is 341 g/mol. The van der Waals surface area contributed by atoms with Gasteiger partial charge in [-0.25, -0.2) is 0 Å². The summed E-state index contributed by atoms with van der Waals surface area (Å²) < 4.78 is 11.5. The molecule has 6 nitrogen and oxygen atoms in total. The second-order valence-corrected chi connectivity index (χ2v) is 7.64. The number of amides is 1. The molecule has 0 spiro atoms. The Kier molecular flexibility index (Phi) is 8.45. The number of rotatable bonds is 8. The molecule has 2 rings (SSSR count). The highest BCUT2D eigenvalue weighted by atomic mass is 16.5. The Morgan fingerprint density at radius 2 is 2.04 bits per heavy atom. The molecule has 2 aliphatic rings. The molecular formula is C18H35N3O3. The zero-order chi connectivity index (χ0) is 17.4. The summed E-state index contributed by atoms with van der Waals surface area (Å²) >= 11 is 0. The Bertz CT molecular complexity index is 373. The predicted molar refractivity (Wildman–Crippen MR) is 95.1 cm³/mol. The Hall–Kier alpha value is -0.690. The van der Waals surface area contributed by atoms with Crippen LogP contribution >= 0.6 is 0 Å². The molecule has 6 heteroatoms. The molecule has 2 unspecified atom stereocenters. The van der Waals surface area contributed by atoms with E-state index in [0.29, 0.717) is 19.0 Å². The van der Waals surface area contributed by atoms with E-state index in [9.17, 15) is 4.79 Å². The first-order valence-corrected chi connectivity index (χ1v) is 9.43. The molecule has 24 heavy (non-hydrogen) atoms. The van der Waals surface area contributed by atoms with Gasteiger partial charge in [-0.2, -0.15) is 0 Å². The number of ether oxygens (including phenoxy) is 2. The van der Waals surface area contributed by atoms with E-state index >= 15 is 0 Å². The number of likely N-dealkylation sites (N-methyl/N-ethyl adjacent to an activating group) is 1. The summed E-state index contributed by atoms with van der Waals surface area (Å²) in [6.45, 7) is 10.9. The summed E-state index contributed by atoms with van der Waals surface area (Å²) in [5, 5.41) is 3.02. The van der Waals surface area contributed by atoms with E-state index < -0.39 is 0 Å². The first-order chi connectivity index (χ1) is 11.5. The monoisotopic (exact) mass is 341 g/mol. The topological polar surface area (TPSA) is 54.0 Å². The number of carbonyl (C=O) groups excluding carboxylic acids is 1. The van der Waals surface area contributed by atoms with Crippen molar-refractivity contribution in [3.05, 3.63) is 0 Å². The van der Waals surface area contributed by atoms with Gasteiger partial charge in [-0.1, -0.05) is 13.8 Å². The Labute approximate surface area is 146 Å². The van der Waals surface area contributed by atoms with Crippen molar-refractivity contribution < 1.29 is 14.3 Å². The van der Waals surface area contributed by atoms with E-state index in [-0.39, 0.29) is 18.1 Å². The Morgan fingerprint density at radius 1 is 1.25 bits per heavy atom. The molecule has 0 aromatic carbocycles. The largest absolute Gasteiger partial charge is 0.377 e. The molecule has 2 atom stereocenters. The van der Waals surface area contributed by atoms with Crippen molar-refractivity contribution in [3.63, 3.8) is 0 Å². The lowest BCUT2D eigenvalue weighted by Crippen LogP contribution is -2.49. The van der Waals surface area contributed by atoms with Crippen LogP contribution in [0.3, 0.4) is 0 Å². The minimum Gasteiger partial charge on any atom is -0.377 e. The van der Waals surface area contributed by atoms with Crippen LogP contribution in [0.15, 0.2) is 0 Å². The number of nitrogens with one attached hydrogen (secondary N) is 1. The van der Waals surface area contributed by atoms with E-state index in [1.807, 2.05) is 7.05 Å². The van der Waals surface area contributed by atoms with E-state index in [1.54, 1.807) is 0 Å². The fraction of sp³-hybridized carbons (Fsp3) is 0.944. The molecule has 1 N–H and O–H groups in total. The summed E-state index contributed by atoms with van der Waals surface area (Å²) in [7, 11) is 1.99. The lowest BCUT2D eigenvalue weighted by atomic mass is 10.1. The van der Waals surface area contributed by atoms with Crippen molar-refractivity contribution in [1.82, 2.24) is 15.1 Å². The fourth-order valence-electron chi connectivity index (χ4n) is 3.48. The van der Waals surface area contributed by atoms with Gasteiger partial charge in [0.1, 0.15) is 0 Å². The zero-order valence-corrected chi connectivity index (χ0v) is 15.6. The quantitative estimate of drug-likeness (QED) is 0.713. The lowest BCUT2D eigenvalue weighted by Gasteiger charge is -2.34. The van der Waals surface area contributed by atoms with Gasteiger partial charge in [0.25, 0.3) is 0 Å². The molecule has 0 bridgehead atoms. The van der Waals surface area contributed by atoms with Gasteiger partial charge in [0.05, 0.1) is 25.4 Å². The highest BCUT2D eigenvalue weighted by Gasteiger charge is 2.22. The molecule has 0 saturated carbocycles. The van der Waals surface area contributed by atoms with Crippen molar-refractivity contribution in [2.75, 3.05) is 59.5 Å². The van der Waals surface area contributed by atoms with Crippen molar-refractivity contribution >= 4 is 5.91 Å². The van der Waals surface area contributed by atoms with Crippen LogP contribution < -0.4 is 5.32 Å². The van der Waals surface area contributed by atoms with Crippen LogP contribution in [0.1, 0.15) is 33.1 Å². The number of nitrogens with zero attached hydrogens (tertiary/aromatic N) is 2. The summed E-state index contributed by atoms with van der Waals surface area (Å²) in [6.07, 6.45) is 3.89. The maximum Gasteiger partial charge on any atom is 0.234 e. The second kappa shape index (κ2) is 10.3. The SMILES string of the molecule is CC(C)CN1CCOC(CNC(=O)CN(C)CC2CCCCO2)C1. The third-order valence-electron chi connectivity index (χ3n) is 4.58. The minimum absolute atomic E-state index is 0.0675. The fourth-order valence-corrected chi connectivity index (χ4v) is 3.48. The summed E-state index contributed by atoms with van der Waals surface area (Å²) in [6, 6.07) is 0. The number of morpholine rings is 1. The average Bonchev–Trinajstić information content (AvgIpc) is 2.53. The number of hydrogen-bond acceptors (Lipinski definition) is 5. The van der Waals surface area contributed by atoms with Gasteiger partial charge in [0.15, 0.2) is 0 Å². The van der Waals surface area contributed by atoms with Crippen LogP contribution in [0.4, 0.5) is 0 Å². The van der Waals surface area contributed by atoms with Crippen molar-refractivity contribution in [2.45, 2.75) is 45.3 Å². The maximum absolute atomic E-state index is 12.1. The van der Waals surface area contributed by atoms with Crippen LogP contribution in [0, 0.1) is 5.92 Å². The van der Waals surface area contributed by atoms with Crippen molar-refractivity contribution in [3.8, 4) is 0 Å². The van der Waals surface area contributed by atoms with E-state index in [2.05, 4.69) is 29.0 Å². The third kappa shape index (κ3) is 7.47. The molecule has 2 aliphatic heterocycles. The van der Waals surface area contributed by atoms with Gasteiger partial charge in [0.2, 0.25) is 5.91 Å². The molecule has 2 saturated heterocycles. The Balaban J connectivity index is 1.61. The summed E-state index contributed by atoms with van der Waals surface area (Å²) in [4.78, 5) is 16.6. The number of carbonyl (C=O) groups is 1. The van der Waals surface area contributed by atoms with Gasteiger partial charge >= 0.3 is 0 Å². The maximum atomic E-state index is 12.1. The van der Waals surface area contributed by atoms with Gasteiger partial charge in [-0.3, -0.25) is 14.6 Å². The van der Waals surface area contributed by atoms with Crippen LogP contribution in [-0.2, 0) is 14.3 Å². The molecule has 0 radical (unpaired) electrons. The highest BCUT2D eigenvalue weighted by molar-refractivity contribution is 5.78. The summed E-state index contributed by atoms with van der Waals surface area (Å²) in [5.41, 5.74) is 0. The molecular weight excluding hydrogens is 306 g/mol. The standard InChI is InChI=1S/C18H35N3O3/c1-15(2)11-21-7-9-24-17(13-21)10-19-18(22)14-20(3)12-16-6-4-5-8-23-16/h15-17H,4-14H2,1-3H3,(H,19,22). The minimum atomic E-state index is 0.0675. The van der Waals surface area contributed by atoms with Gasteiger partial charge in [-0.05, 0) is 32.2 Å². The van der Waals surface area contributed by atoms with Gasteiger partial charge < -0.3 is 14.8 Å². The zero-order valence-electron chi connectivity index (χ0n) is 15.6. The van der Waals surface area contributed by atoms with Gasteiger partial charge in [0, 0.05) is 39.3 Å². The van der Waals surface area contributed by atoms with Crippen molar-refractivity contribution in [1.29, 1.82) is 0 Å². The van der Waals surface area contributed by atoms with E-state index in [4.69, 9.17) is 9.47 Å².